The molecule has 0 radical (unpaired) electrons. The van der Waals surface area contributed by atoms with E-state index in [1.807, 2.05) is 0 Å². The number of carbonyl (C=O) groups excluding carboxylic acids is 3. The summed E-state index contributed by atoms with van der Waals surface area (Å²) in [6.07, 6.45) is 56.8. The summed E-state index contributed by atoms with van der Waals surface area (Å²) in [5, 5.41) is 0. The lowest BCUT2D eigenvalue weighted by Crippen LogP contribution is -2.30. The Hall–Kier alpha value is -2.63. The summed E-state index contributed by atoms with van der Waals surface area (Å²) in [5.74, 6) is -0.963. The summed E-state index contributed by atoms with van der Waals surface area (Å²) in [6.45, 7) is 6.54. The Morgan fingerprint density at radius 2 is 0.627 bits per heavy atom. The fourth-order valence-electron chi connectivity index (χ4n) is 6.96. The van der Waals surface area contributed by atoms with Crippen molar-refractivity contribution < 1.29 is 28.6 Å². The van der Waals surface area contributed by atoms with Crippen molar-refractivity contribution in [2.75, 3.05) is 13.2 Å². The van der Waals surface area contributed by atoms with Gasteiger partial charge in [-0.1, -0.05) is 191 Å². The van der Waals surface area contributed by atoms with Crippen molar-refractivity contribution in [1.82, 2.24) is 0 Å². The van der Waals surface area contributed by atoms with E-state index in [1.165, 1.54) is 128 Å². The third kappa shape index (κ3) is 46.3. The summed E-state index contributed by atoms with van der Waals surface area (Å²) in [5.41, 5.74) is 0. The maximum atomic E-state index is 12.8. The Morgan fingerprint density at radius 3 is 1.05 bits per heavy atom. The topological polar surface area (TPSA) is 78.9 Å². The second-order valence-corrected chi connectivity index (χ2v) is 16.7. The Kier molecular flexibility index (Phi) is 45.9. The minimum atomic E-state index is -0.796. The first-order valence-electron chi connectivity index (χ1n) is 25.2. The average molecular weight is 827 g/mol. The standard InChI is InChI=1S/C53H94O6/c1-4-7-10-13-16-19-21-23-25-27-29-31-34-37-40-43-46-52(55)58-49-50(48-57-51(54)45-42-39-36-33-18-15-12-9-6-3)59-53(56)47-44-41-38-35-32-30-28-26-24-22-20-17-14-11-8-5-2/h25-29,31,33,36,50H,4-24,30,32,34-35,37-49H2,1-3H3/b27-25-,28-26-,31-29-,36-33-. The molecule has 0 aliphatic carbocycles. The van der Waals surface area contributed by atoms with E-state index < -0.39 is 6.10 Å². The van der Waals surface area contributed by atoms with Gasteiger partial charge in [0.05, 0.1) is 0 Å². The molecule has 0 aromatic carbocycles. The molecule has 0 heterocycles. The first kappa shape index (κ1) is 56.4. The normalized spacial score (nSPS) is 12.4. The van der Waals surface area contributed by atoms with Gasteiger partial charge in [-0.25, -0.2) is 0 Å². The Balaban J connectivity index is 4.40. The van der Waals surface area contributed by atoms with Crippen molar-refractivity contribution in [3.8, 4) is 0 Å². The number of ether oxygens (including phenoxy) is 3. The van der Waals surface area contributed by atoms with Gasteiger partial charge in [0, 0.05) is 19.3 Å². The van der Waals surface area contributed by atoms with Crippen molar-refractivity contribution in [1.29, 1.82) is 0 Å². The molecule has 0 aromatic heterocycles. The van der Waals surface area contributed by atoms with E-state index in [9.17, 15) is 14.4 Å². The predicted octanol–water partition coefficient (Wildman–Crippen LogP) is 16.3. The van der Waals surface area contributed by atoms with E-state index in [-0.39, 0.29) is 31.1 Å². The molecule has 0 saturated heterocycles. The van der Waals surface area contributed by atoms with Crippen LogP contribution in [-0.4, -0.2) is 37.2 Å². The lowest BCUT2D eigenvalue weighted by molar-refractivity contribution is -0.167. The fourth-order valence-corrected chi connectivity index (χ4v) is 6.96. The summed E-state index contributed by atoms with van der Waals surface area (Å²) in [7, 11) is 0. The Morgan fingerprint density at radius 1 is 0.339 bits per heavy atom. The van der Waals surface area contributed by atoms with Gasteiger partial charge in [0.2, 0.25) is 0 Å². The van der Waals surface area contributed by atoms with E-state index >= 15 is 0 Å². The highest BCUT2D eigenvalue weighted by Crippen LogP contribution is 2.13. The van der Waals surface area contributed by atoms with E-state index in [4.69, 9.17) is 14.2 Å². The van der Waals surface area contributed by atoms with Crippen LogP contribution in [-0.2, 0) is 28.6 Å². The first-order valence-corrected chi connectivity index (χ1v) is 25.2. The van der Waals surface area contributed by atoms with Crippen LogP contribution < -0.4 is 0 Å². The molecule has 0 rings (SSSR count). The van der Waals surface area contributed by atoms with Crippen LogP contribution in [0.3, 0.4) is 0 Å². The zero-order chi connectivity index (χ0) is 43.0. The van der Waals surface area contributed by atoms with Gasteiger partial charge in [0.1, 0.15) is 13.2 Å². The van der Waals surface area contributed by atoms with Gasteiger partial charge in [-0.05, 0) is 89.9 Å². The largest absolute Gasteiger partial charge is 0.462 e. The molecule has 6 nitrogen and oxygen atoms in total. The minimum absolute atomic E-state index is 0.0982. The number of hydrogen-bond acceptors (Lipinski definition) is 6. The van der Waals surface area contributed by atoms with Crippen molar-refractivity contribution >= 4 is 17.9 Å². The van der Waals surface area contributed by atoms with E-state index in [0.717, 1.165) is 77.0 Å². The molecule has 0 spiro atoms. The maximum Gasteiger partial charge on any atom is 0.306 e. The average Bonchev–Trinajstić information content (AvgIpc) is 3.23. The molecule has 59 heavy (non-hydrogen) atoms. The first-order chi connectivity index (χ1) is 29.0. The second-order valence-electron chi connectivity index (χ2n) is 16.7. The van der Waals surface area contributed by atoms with Crippen LogP contribution in [0.4, 0.5) is 0 Å². The number of hydrogen-bond donors (Lipinski definition) is 0. The zero-order valence-corrected chi connectivity index (χ0v) is 39.0. The van der Waals surface area contributed by atoms with Gasteiger partial charge >= 0.3 is 17.9 Å². The molecule has 342 valence electrons. The number of unbranched alkanes of at least 4 members (excludes halogenated alkanes) is 27. The minimum Gasteiger partial charge on any atom is -0.462 e. The van der Waals surface area contributed by atoms with Crippen LogP contribution >= 0.6 is 0 Å². The summed E-state index contributed by atoms with van der Waals surface area (Å²) in [6, 6.07) is 0. The van der Waals surface area contributed by atoms with Gasteiger partial charge in [-0.15, -0.1) is 0 Å². The Bertz CT molecular complexity index is 1040. The van der Waals surface area contributed by atoms with Crippen LogP contribution in [0.25, 0.3) is 0 Å². The SMILES string of the molecule is CCCCCC/C=C\CCCC(=O)OCC(COC(=O)CCCCC/C=C\C=C/CCCCCCCCC)OC(=O)CCCCCCC/C=C\CCCCCCCCC. The third-order valence-electron chi connectivity index (χ3n) is 10.8. The zero-order valence-electron chi connectivity index (χ0n) is 39.0. The molecule has 0 saturated carbocycles. The van der Waals surface area contributed by atoms with Crippen molar-refractivity contribution in [2.24, 2.45) is 0 Å². The molecule has 0 aromatic rings. The third-order valence-corrected chi connectivity index (χ3v) is 10.8. The molecule has 0 N–H and O–H groups in total. The van der Waals surface area contributed by atoms with Gasteiger partial charge < -0.3 is 14.2 Å². The lowest BCUT2D eigenvalue weighted by Gasteiger charge is -2.18. The summed E-state index contributed by atoms with van der Waals surface area (Å²) >= 11 is 0. The van der Waals surface area contributed by atoms with Crippen LogP contribution in [0.15, 0.2) is 48.6 Å². The number of esters is 3. The number of carbonyl (C=O) groups is 3. The molecule has 0 fully saturated rings. The molecule has 0 aliphatic rings. The van der Waals surface area contributed by atoms with E-state index in [1.54, 1.807) is 0 Å². The summed E-state index contributed by atoms with van der Waals surface area (Å²) in [4.78, 5) is 37.8. The maximum absolute atomic E-state index is 12.8. The highest BCUT2D eigenvalue weighted by atomic mass is 16.6. The van der Waals surface area contributed by atoms with Crippen LogP contribution in [0.2, 0.25) is 0 Å². The predicted molar refractivity (Wildman–Crippen MR) is 252 cm³/mol. The molecular formula is C53H94O6. The smallest absolute Gasteiger partial charge is 0.306 e. The molecule has 0 aliphatic heterocycles. The van der Waals surface area contributed by atoms with Gasteiger partial charge in [-0.2, -0.15) is 0 Å². The highest BCUT2D eigenvalue weighted by molar-refractivity contribution is 5.71. The van der Waals surface area contributed by atoms with Crippen molar-refractivity contribution in [2.45, 2.75) is 258 Å². The fraction of sp³-hybridized carbons (Fsp3) is 0.792. The Labute approximate surface area is 365 Å². The molecule has 1 atom stereocenters. The quantitative estimate of drug-likeness (QED) is 0.0200. The number of rotatable bonds is 45. The van der Waals surface area contributed by atoms with Crippen LogP contribution in [0.1, 0.15) is 252 Å². The van der Waals surface area contributed by atoms with E-state index in [2.05, 4.69) is 69.4 Å². The van der Waals surface area contributed by atoms with Crippen molar-refractivity contribution in [3.05, 3.63) is 48.6 Å². The summed E-state index contributed by atoms with van der Waals surface area (Å²) < 4.78 is 16.7. The van der Waals surface area contributed by atoms with E-state index in [0.29, 0.717) is 25.7 Å². The second kappa shape index (κ2) is 48.0. The van der Waals surface area contributed by atoms with Gasteiger partial charge in [0.25, 0.3) is 0 Å². The number of allylic oxidation sites excluding steroid dienone is 8. The molecular weight excluding hydrogens is 733 g/mol. The van der Waals surface area contributed by atoms with Crippen LogP contribution in [0.5, 0.6) is 0 Å². The molecule has 1 unspecified atom stereocenters. The highest BCUT2D eigenvalue weighted by Gasteiger charge is 2.19. The molecule has 0 bridgehead atoms. The lowest BCUT2D eigenvalue weighted by atomic mass is 10.1. The molecule has 6 heteroatoms. The molecule has 0 amide bonds. The van der Waals surface area contributed by atoms with Crippen LogP contribution in [0, 0.1) is 0 Å². The monoisotopic (exact) mass is 827 g/mol. The van der Waals surface area contributed by atoms with Crippen molar-refractivity contribution in [3.63, 3.8) is 0 Å². The van der Waals surface area contributed by atoms with Gasteiger partial charge in [-0.3, -0.25) is 14.4 Å². The van der Waals surface area contributed by atoms with Gasteiger partial charge in [0.15, 0.2) is 6.10 Å².